The molecule has 24 heavy (non-hydrogen) atoms. The smallest absolute Gasteiger partial charge is 0.324 e. The number of nitrogens with zero attached hydrogens (tertiary/aromatic N) is 1. The second kappa shape index (κ2) is 6.91. The number of para-hydroxylation sites is 1. The van der Waals surface area contributed by atoms with Gasteiger partial charge in [0.1, 0.15) is 0 Å². The van der Waals surface area contributed by atoms with Crippen LogP contribution >= 0.6 is 11.8 Å². The van der Waals surface area contributed by atoms with Crippen LogP contribution in [0.3, 0.4) is 0 Å². The first-order chi connectivity index (χ1) is 11.5. The van der Waals surface area contributed by atoms with Crippen LogP contribution in [0.5, 0.6) is 0 Å². The van der Waals surface area contributed by atoms with Gasteiger partial charge in [-0.2, -0.15) is 0 Å². The van der Waals surface area contributed by atoms with Crippen LogP contribution in [0.25, 0.3) is 0 Å². The largest absolute Gasteiger partial charge is 0.456 e. The van der Waals surface area contributed by atoms with E-state index >= 15 is 0 Å². The molecule has 2 heterocycles. The Morgan fingerprint density at radius 2 is 2.08 bits per heavy atom. The Balaban J connectivity index is 1.51. The number of benzene rings is 1. The van der Waals surface area contributed by atoms with Crippen LogP contribution in [0.1, 0.15) is 6.42 Å². The zero-order valence-corrected chi connectivity index (χ0v) is 13.4. The van der Waals surface area contributed by atoms with Gasteiger partial charge in [0.25, 0.3) is 5.91 Å². The molecule has 2 aliphatic rings. The maximum absolute atomic E-state index is 12.0. The first kappa shape index (κ1) is 16.3. The van der Waals surface area contributed by atoms with Crippen molar-refractivity contribution in [1.29, 1.82) is 0 Å². The Labute approximate surface area is 141 Å². The zero-order chi connectivity index (χ0) is 17.1. The second-order valence-electron chi connectivity index (χ2n) is 5.23. The molecule has 8 nitrogen and oxygen atoms in total. The molecule has 0 spiro atoms. The second-order valence-corrected chi connectivity index (χ2v) is 6.48. The van der Waals surface area contributed by atoms with E-state index in [2.05, 4.69) is 10.6 Å². The van der Waals surface area contributed by atoms with Crippen molar-refractivity contribution in [2.24, 2.45) is 0 Å². The van der Waals surface area contributed by atoms with Gasteiger partial charge >= 0.3 is 12.0 Å². The molecule has 1 fully saturated rings. The van der Waals surface area contributed by atoms with Gasteiger partial charge in [-0.3, -0.25) is 19.3 Å². The van der Waals surface area contributed by atoms with Crippen molar-refractivity contribution in [3.63, 3.8) is 0 Å². The van der Waals surface area contributed by atoms with Crippen LogP contribution in [0.15, 0.2) is 29.2 Å². The van der Waals surface area contributed by atoms with Crippen molar-refractivity contribution < 1.29 is 23.9 Å². The summed E-state index contributed by atoms with van der Waals surface area (Å²) in [5.74, 6) is -1.51. The van der Waals surface area contributed by atoms with Crippen LogP contribution < -0.4 is 10.6 Å². The summed E-state index contributed by atoms with van der Waals surface area (Å²) >= 11 is 1.28. The molecular weight excluding hydrogens is 334 g/mol. The van der Waals surface area contributed by atoms with Crippen molar-refractivity contribution in [2.45, 2.75) is 16.6 Å². The highest BCUT2D eigenvalue weighted by molar-refractivity contribution is 8.01. The van der Waals surface area contributed by atoms with Crippen molar-refractivity contribution in [3.8, 4) is 0 Å². The third-order valence-corrected chi connectivity index (χ3v) is 4.85. The van der Waals surface area contributed by atoms with E-state index in [1.54, 1.807) is 6.07 Å². The highest BCUT2D eigenvalue weighted by Gasteiger charge is 2.31. The zero-order valence-electron chi connectivity index (χ0n) is 12.6. The number of anilines is 1. The van der Waals surface area contributed by atoms with Gasteiger partial charge in [-0.25, -0.2) is 4.79 Å². The molecule has 0 aromatic heterocycles. The van der Waals surface area contributed by atoms with E-state index in [1.807, 2.05) is 18.2 Å². The lowest BCUT2D eigenvalue weighted by Crippen LogP contribution is -2.37. The van der Waals surface area contributed by atoms with Gasteiger partial charge in [0.15, 0.2) is 6.61 Å². The number of fused-ring (bicyclic) bond motifs is 1. The first-order valence-corrected chi connectivity index (χ1v) is 8.23. The molecule has 1 atom stereocenters. The molecule has 9 heteroatoms. The van der Waals surface area contributed by atoms with Gasteiger partial charge in [-0.1, -0.05) is 12.1 Å². The minimum absolute atomic E-state index is 0.149. The predicted molar refractivity (Wildman–Crippen MR) is 85.4 cm³/mol. The Bertz CT molecular complexity index is 708. The molecule has 4 amide bonds. The van der Waals surface area contributed by atoms with E-state index in [0.717, 1.165) is 9.80 Å². The van der Waals surface area contributed by atoms with Crippen LogP contribution in [0, 0.1) is 0 Å². The normalized spacial score (nSPS) is 19.3. The number of amides is 4. The van der Waals surface area contributed by atoms with Gasteiger partial charge < -0.3 is 15.4 Å². The maximum Gasteiger partial charge on any atom is 0.324 e. The number of rotatable bonds is 4. The molecular formula is C15H15N3O5S. The number of hydrogen-bond donors (Lipinski definition) is 2. The molecule has 0 saturated carbocycles. The third kappa shape index (κ3) is 3.51. The molecule has 0 aliphatic carbocycles. The quantitative estimate of drug-likeness (QED) is 0.771. The number of esters is 1. The molecule has 1 aromatic rings. The van der Waals surface area contributed by atoms with E-state index in [4.69, 9.17) is 4.74 Å². The lowest BCUT2D eigenvalue weighted by atomic mass is 10.2. The minimum atomic E-state index is -0.657. The van der Waals surface area contributed by atoms with Gasteiger partial charge in [0.2, 0.25) is 5.91 Å². The van der Waals surface area contributed by atoms with Crippen LogP contribution in [-0.4, -0.2) is 53.7 Å². The Kier molecular flexibility index (Phi) is 4.70. The van der Waals surface area contributed by atoms with Gasteiger partial charge in [0.05, 0.1) is 17.4 Å². The summed E-state index contributed by atoms with van der Waals surface area (Å²) in [4.78, 5) is 48.9. The number of urea groups is 1. The summed E-state index contributed by atoms with van der Waals surface area (Å²) in [6, 6.07) is 6.81. The predicted octanol–water partition coefficient (Wildman–Crippen LogP) is 0.585. The SMILES string of the molecule is O=C(CC1Sc2ccccc2NC1=O)OCC(=O)N1CCNC1=O. The average Bonchev–Trinajstić information content (AvgIpc) is 2.99. The summed E-state index contributed by atoms with van der Waals surface area (Å²) in [5.41, 5.74) is 0.715. The lowest BCUT2D eigenvalue weighted by Gasteiger charge is -2.23. The number of carbonyl (C=O) groups excluding carboxylic acids is 4. The van der Waals surface area contributed by atoms with E-state index in [-0.39, 0.29) is 18.9 Å². The number of thioether (sulfide) groups is 1. The summed E-state index contributed by atoms with van der Waals surface area (Å²) < 4.78 is 4.90. The topological polar surface area (TPSA) is 105 Å². The van der Waals surface area contributed by atoms with Crippen molar-refractivity contribution in [3.05, 3.63) is 24.3 Å². The Hall–Kier alpha value is -2.55. The fourth-order valence-corrected chi connectivity index (χ4v) is 3.46. The number of carbonyl (C=O) groups is 4. The molecule has 0 bridgehead atoms. The molecule has 1 unspecified atom stereocenters. The summed E-state index contributed by atoms with van der Waals surface area (Å²) in [6.07, 6.45) is -0.149. The third-order valence-electron chi connectivity index (χ3n) is 3.57. The van der Waals surface area contributed by atoms with Crippen LogP contribution in [0.2, 0.25) is 0 Å². The van der Waals surface area contributed by atoms with Gasteiger partial charge in [0, 0.05) is 18.0 Å². The highest BCUT2D eigenvalue weighted by atomic mass is 32.2. The van der Waals surface area contributed by atoms with Crippen molar-refractivity contribution >= 4 is 41.3 Å². The fourth-order valence-electron chi connectivity index (χ4n) is 2.37. The summed E-state index contributed by atoms with van der Waals surface area (Å²) in [5, 5.41) is 4.61. The fraction of sp³-hybridized carbons (Fsp3) is 0.333. The van der Waals surface area contributed by atoms with E-state index in [1.165, 1.54) is 11.8 Å². The molecule has 2 aliphatic heterocycles. The lowest BCUT2D eigenvalue weighted by molar-refractivity contribution is -0.151. The van der Waals surface area contributed by atoms with E-state index in [0.29, 0.717) is 12.2 Å². The molecule has 3 rings (SSSR count). The van der Waals surface area contributed by atoms with Crippen molar-refractivity contribution in [1.82, 2.24) is 10.2 Å². The van der Waals surface area contributed by atoms with E-state index < -0.39 is 29.8 Å². The molecule has 1 aromatic carbocycles. The van der Waals surface area contributed by atoms with Crippen LogP contribution in [-0.2, 0) is 19.1 Å². The van der Waals surface area contributed by atoms with E-state index in [9.17, 15) is 19.2 Å². The minimum Gasteiger partial charge on any atom is -0.456 e. The number of nitrogens with one attached hydrogen (secondary N) is 2. The number of hydrogen-bond acceptors (Lipinski definition) is 6. The standard InChI is InChI=1S/C15H15N3O5S/c19-12(18-6-5-16-15(18)22)8-23-13(20)7-11-14(21)17-9-3-1-2-4-10(9)24-11/h1-4,11H,5-8H2,(H,16,22)(H,17,21). The first-order valence-electron chi connectivity index (χ1n) is 7.35. The number of ether oxygens (including phenoxy) is 1. The average molecular weight is 349 g/mol. The van der Waals surface area contributed by atoms with Gasteiger partial charge in [-0.05, 0) is 12.1 Å². The molecule has 0 radical (unpaired) electrons. The van der Waals surface area contributed by atoms with Crippen molar-refractivity contribution in [2.75, 3.05) is 25.0 Å². The monoisotopic (exact) mass is 349 g/mol. The van der Waals surface area contributed by atoms with Crippen LogP contribution in [0.4, 0.5) is 10.5 Å². The summed E-state index contributed by atoms with van der Waals surface area (Å²) in [6.45, 7) is 0.131. The van der Waals surface area contributed by atoms with Gasteiger partial charge in [-0.15, -0.1) is 11.8 Å². The molecule has 2 N–H and O–H groups in total. The molecule has 126 valence electrons. The summed E-state index contributed by atoms with van der Waals surface area (Å²) in [7, 11) is 0. The molecule has 1 saturated heterocycles. The Morgan fingerprint density at radius 1 is 1.29 bits per heavy atom. The number of imide groups is 1. The highest BCUT2D eigenvalue weighted by Crippen LogP contribution is 2.36. The Morgan fingerprint density at radius 3 is 2.83 bits per heavy atom. The maximum atomic E-state index is 12.0.